The summed E-state index contributed by atoms with van der Waals surface area (Å²) in [5.74, 6) is -0.433. The number of rotatable bonds is 10. The van der Waals surface area contributed by atoms with Crippen LogP contribution < -0.4 is 11.1 Å². The van der Waals surface area contributed by atoms with Gasteiger partial charge in [0, 0.05) is 41.7 Å². The molecule has 1 saturated heterocycles. The first-order chi connectivity index (χ1) is 19.2. The van der Waals surface area contributed by atoms with E-state index in [1.165, 1.54) is 12.1 Å². The van der Waals surface area contributed by atoms with Gasteiger partial charge in [0.2, 0.25) is 5.91 Å². The van der Waals surface area contributed by atoms with Gasteiger partial charge in [0.15, 0.2) is 0 Å². The summed E-state index contributed by atoms with van der Waals surface area (Å²) < 4.78 is 15.9. The number of carbonyl (C=O) groups is 2. The second-order valence-corrected chi connectivity index (χ2v) is 11.6. The first-order valence-corrected chi connectivity index (χ1v) is 14.4. The van der Waals surface area contributed by atoms with Crippen LogP contribution in [0.25, 0.3) is 16.9 Å². The van der Waals surface area contributed by atoms with Gasteiger partial charge in [-0.05, 0) is 99.5 Å². The number of hydrogen-bond donors (Lipinski definition) is 3. The number of aliphatic hydroxyl groups is 1. The zero-order valence-corrected chi connectivity index (χ0v) is 23.6. The molecule has 40 heavy (non-hydrogen) atoms. The smallest absolute Gasteiger partial charge is 0.255 e. The lowest BCUT2D eigenvalue weighted by Gasteiger charge is -2.40. The second kappa shape index (κ2) is 11.9. The van der Waals surface area contributed by atoms with Crippen LogP contribution in [0.1, 0.15) is 48.2 Å². The van der Waals surface area contributed by atoms with Crippen LogP contribution in [0.2, 0.25) is 10.0 Å². The van der Waals surface area contributed by atoms with Crippen LogP contribution >= 0.6 is 23.2 Å². The molecule has 3 aromatic rings. The van der Waals surface area contributed by atoms with Gasteiger partial charge in [-0.2, -0.15) is 0 Å². The predicted molar refractivity (Wildman–Crippen MR) is 154 cm³/mol. The fourth-order valence-corrected chi connectivity index (χ4v) is 5.83. The third kappa shape index (κ3) is 5.91. The molecular weight excluding hydrogens is 554 g/mol. The maximum atomic E-state index is 14.1. The molecule has 0 radical (unpaired) electrons. The predicted octanol–water partition coefficient (Wildman–Crippen LogP) is 4.97. The van der Waals surface area contributed by atoms with E-state index in [0.29, 0.717) is 72.2 Å². The second-order valence-electron chi connectivity index (χ2n) is 10.7. The molecule has 10 heteroatoms. The topological polar surface area (TPSA) is 101 Å². The van der Waals surface area contributed by atoms with Crippen molar-refractivity contribution < 1.29 is 19.1 Å². The van der Waals surface area contributed by atoms with Gasteiger partial charge in [-0.3, -0.25) is 9.59 Å². The Morgan fingerprint density at radius 1 is 1.07 bits per heavy atom. The number of likely N-dealkylation sites (tertiary alicyclic amines) is 1. The molecular formula is C30H33Cl2FN4O3. The highest BCUT2D eigenvalue weighted by atomic mass is 35.5. The van der Waals surface area contributed by atoms with Crippen LogP contribution in [0.3, 0.4) is 0 Å². The van der Waals surface area contributed by atoms with E-state index in [9.17, 15) is 19.1 Å². The minimum absolute atomic E-state index is 0.0520. The van der Waals surface area contributed by atoms with Gasteiger partial charge in [0.1, 0.15) is 11.4 Å². The Morgan fingerprint density at radius 3 is 2.38 bits per heavy atom. The van der Waals surface area contributed by atoms with Gasteiger partial charge >= 0.3 is 0 Å². The summed E-state index contributed by atoms with van der Waals surface area (Å²) in [5, 5.41) is 13.9. The van der Waals surface area contributed by atoms with Crippen LogP contribution in [-0.4, -0.2) is 58.2 Å². The van der Waals surface area contributed by atoms with Gasteiger partial charge in [0.05, 0.1) is 16.3 Å². The van der Waals surface area contributed by atoms with Gasteiger partial charge in [-0.15, -0.1) is 0 Å². The summed E-state index contributed by atoms with van der Waals surface area (Å²) >= 11 is 12.7. The number of piperidine rings is 1. The molecule has 2 heterocycles. The first-order valence-electron chi connectivity index (χ1n) is 13.6. The third-order valence-corrected chi connectivity index (χ3v) is 8.56. The maximum Gasteiger partial charge on any atom is 0.255 e. The van der Waals surface area contributed by atoms with Gasteiger partial charge < -0.3 is 25.6 Å². The van der Waals surface area contributed by atoms with Crippen molar-refractivity contribution in [2.24, 2.45) is 11.7 Å². The molecule has 4 N–H and O–H groups in total. The number of amides is 2. The highest BCUT2D eigenvalue weighted by Crippen LogP contribution is 2.37. The Balaban J connectivity index is 1.53. The van der Waals surface area contributed by atoms with Crippen molar-refractivity contribution in [3.8, 4) is 16.9 Å². The summed E-state index contributed by atoms with van der Waals surface area (Å²) in [6.45, 7) is 1.45. The number of carbonyl (C=O) groups excluding carboxylic acids is 2. The Labute approximate surface area is 243 Å². The molecule has 2 amide bonds. The normalized spacial score (nSPS) is 16.8. The van der Waals surface area contributed by atoms with E-state index in [2.05, 4.69) is 5.32 Å². The summed E-state index contributed by atoms with van der Waals surface area (Å²) in [5.41, 5.74) is 8.13. The number of benzene rings is 2. The number of nitrogens with two attached hydrogens (primary N) is 1. The lowest BCUT2D eigenvalue weighted by Crippen LogP contribution is -2.61. The Morgan fingerprint density at radius 2 is 1.77 bits per heavy atom. The zero-order valence-electron chi connectivity index (χ0n) is 22.1. The van der Waals surface area contributed by atoms with E-state index in [1.54, 1.807) is 29.2 Å². The van der Waals surface area contributed by atoms with Crippen LogP contribution in [0.15, 0.2) is 48.5 Å². The third-order valence-electron chi connectivity index (χ3n) is 8.00. The summed E-state index contributed by atoms with van der Waals surface area (Å²) in [4.78, 5) is 28.3. The summed E-state index contributed by atoms with van der Waals surface area (Å²) in [7, 11) is 0. The average Bonchev–Trinajstić information content (AvgIpc) is 3.70. The largest absolute Gasteiger partial charge is 0.396 e. The van der Waals surface area contributed by atoms with Crippen LogP contribution in [0, 0.1) is 11.7 Å². The average molecular weight is 588 g/mol. The highest BCUT2D eigenvalue weighted by molar-refractivity contribution is 6.33. The molecule has 2 fully saturated rings. The van der Waals surface area contributed by atoms with Gasteiger partial charge in [0.25, 0.3) is 5.91 Å². The van der Waals surface area contributed by atoms with E-state index in [-0.39, 0.29) is 23.4 Å². The highest BCUT2D eigenvalue weighted by Gasteiger charge is 2.42. The fourth-order valence-electron chi connectivity index (χ4n) is 5.44. The molecule has 7 nitrogen and oxygen atoms in total. The van der Waals surface area contributed by atoms with E-state index in [0.717, 1.165) is 25.1 Å². The van der Waals surface area contributed by atoms with Gasteiger partial charge in [-0.1, -0.05) is 23.2 Å². The Hall–Kier alpha value is -2.91. The SMILES string of the molecule is NC(=O)C1(NCC2CC2)CCN(C(=O)c2cc(-c3ccc(F)cc3Cl)n(-c3ccc(Cl)cc3)c2CCCO)CC1. The zero-order chi connectivity index (χ0) is 28.4. The van der Waals surface area contributed by atoms with Crippen LogP contribution in [0.5, 0.6) is 0 Å². The lowest BCUT2D eigenvalue weighted by atomic mass is 9.86. The van der Waals surface area contributed by atoms with Crippen molar-refractivity contribution in [1.82, 2.24) is 14.8 Å². The number of nitrogens with one attached hydrogen (secondary N) is 1. The molecule has 0 spiro atoms. The Kier molecular flexibility index (Phi) is 8.52. The van der Waals surface area contributed by atoms with Crippen molar-refractivity contribution >= 4 is 35.0 Å². The summed E-state index contributed by atoms with van der Waals surface area (Å²) in [6.07, 6.45) is 4.04. The van der Waals surface area contributed by atoms with Crippen molar-refractivity contribution in [3.05, 3.63) is 75.7 Å². The first kappa shape index (κ1) is 28.6. The number of aromatic nitrogens is 1. The lowest BCUT2D eigenvalue weighted by molar-refractivity contribution is -0.126. The number of aliphatic hydroxyl groups excluding tert-OH is 1. The fraction of sp³-hybridized carbons (Fsp3) is 0.400. The maximum absolute atomic E-state index is 14.1. The monoisotopic (exact) mass is 586 g/mol. The minimum atomic E-state index is -0.818. The van der Waals surface area contributed by atoms with E-state index in [4.69, 9.17) is 28.9 Å². The van der Waals surface area contributed by atoms with Crippen LogP contribution in [-0.2, 0) is 11.2 Å². The molecule has 2 aliphatic rings. The molecule has 1 aromatic heterocycles. The Bertz CT molecular complexity index is 1400. The van der Waals surface area contributed by atoms with E-state index in [1.807, 2.05) is 16.7 Å². The number of primary amides is 1. The molecule has 1 aliphatic heterocycles. The van der Waals surface area contributed by atoms with E-state index < -0.39 is 11.4 Å². The van der Waals surface area contributed by atoms with Crippen molar-refractivity contribution in [1.29, 1.82) is 0 Å². The van der Waals surface area contributed by atoms with Crippen molar-refractivity contribution in [2.45, 2.75) is 44.1 Å². The number of nitrogens with zero attached hydrogens (tertiary/aromatic N) is 2. The number of hydrogen-bond acceptors (Lipinski definition) is 4. The van der Waals surface area contributed by atoms with Gasteiger partial charge in [-0.25, -0.2) is 4.39 Å². The minimum Gasteiger partial charge on any atom is -0.396 e. The molecule has 0 atom stereocenters. The molecule has 5 rings (SSSR count). The molecule has 1 aliphatic carbocycles. The van der Waals surface area contributed by atoms with Crippen molar-refractivity contribution in [3.63, 3.8) is 0 Å². The molecule has 0 unspecified atom stereocenters. The van der Waals surface area contributed by atoms with E-state index >= 15 is 0 Å². The molecule has 2 aromatic carbocycles. The van der Waals surface area contributed by atoms with Crippen molar-refractivity contribution in [2.75, 3.05) is 26.2 Å². The van der Waals surface area contributed by atoms with Crippen LogP contribution in [0.4, 0.5) is 4.39 Å². The molecule has 212 valence electrons. The molecule has 1 saturated carbocycles. The molecule has 0 bridgehead atoms. The summed E-state index contributed by atoms with van der Waals surface area (Å²) in [6, 6.07) is 13.1. The quantitative estimate of drug-likeness (QED) is 0.312. The number of halogens is 3. The standard InChI is InChI=1S/C30H33Cl2FN4O3/c31-20-5-8-22(9-6-20)37-26(2-1-15-38)24(17-27(37)23-10-7-21(33)16-25(23)32)28(39)36-13-11-30(12-14-36,29(34)40)35-18-19-3-4-19/h5-10,16-17,19,35,38H,1-4,11-15,18H2,(H2,34,40).